The van der Waals surface area contributed by atoms with Gasteiger partial charge in [-0.05, 0) is 37.1 Å². The summed E-state index contributed by atoms with van der Waals surface area (Å²) in [5, 5.41) is 2.00. The van der Waals surface area contributed by atoms with Crippen LogP contribution in [0.4, 0.5) is 0 Å². The summed E-state index contributed by atoms with van der Waals surface area (Å²) in [6, 6.07) is 11.6. The average Bonchev–Trinajstić information content (AvgIpc) is 2.46. The number of methoxy groups -OCH3 is 1. The largest absolute Gasteiger partial charge is 0.469 e. The number of fused-ring (bicyclic) bond motifs is 1. The molecule has 0 radical (unpaired) electrons. The quantitative estimate of drug-likeness (QED) is 0.631. The lowest BCUT2D eigenvalue weighted by Crippen LogP contribution is -2.28. The molecule has 110 valence electrons. The number of esters is 1. The van der Waals surface area contributed by atoms with Crippen molar-refractivity contribution in [2.75, 3.05) is 7.11 Å². The molecule has 0 spiro atoms. The van der Waals surface area contributed by atoms with Gasteiger partial charge in [0.15, 0.2) is 5.78 Å². The minimum atomic E-state index is -0.822. The van der Waals surface area contributed by atoms with Gasteiger partial charge in [-0.25, -0.2) is 0 Å². The molecule has 21 heavy (non-hydrogen) atoms. The molecule has 2 aromatic rings. The Labute approximate surface area is 124 Å². The van der Waals surface area contributed by atoms with E-state index < -0.39 is 5.41 Å². The summed E-state index contributed by atoms with van der Waals surface area (Å²) in [5.41, 5.74) is 0.972. The predicted molar refractivity (Wildman–Crippen MR) is 83.4 cm³/mol. The Bertz CT molecular complexity index is 699. The molecule has 0 saturated carbocycles. The molecule has 2 rings (SSSR count). The van der Waals surface area contributed by atoms with Crippen LogP contribution in [0.1, 0.15) is 36.2 Å². The molecule has 0 bridgehead atoms. The standard InChI is InChI=1S/C18H20O3/c1-12-9-10-15(14-8-6-5-7-13(12)14)16(19)11-18(2,3)17(20)21-4/h5-10H,11H2,1-4H3. The van der Waals surface area contributed by atoms with Crippen molar-refractivity contribution < 1.29 is 14.3 Å². The first-order chi connectivity index (χ1) is 9.86. The molecule has 3 heteroatoms. The van der Waals surface area contributed by atoms with Crippen LogP contribution in [0.2, 0.25) is 0 Å². The van der Waals surface area contributed by atoms with E-state index >= 15 is 0 Å². The fourth-order valence-corrected chi connectivity index (χ4v) is 2.54. The molecule has 0 N–H and O–H groups in total. The van der Waals surface area contributed by atoms with E-state index in [9.17, 15) is 9.59 Å². The normalized spacial score (nSPS) is 11.4. The van der Waals surface area contributed by atoms with E-state index in [0.717, 1.165) is 16.3 Å². The van der Waals surface area contributed by atoms with E-state index in [4.69, 9.17) is 4.74 Å². The van der Waals surface area contributed by atoms with E-state index in [2.05, 4.69) is 0 Å². The SMILES string of the molecule is COC(=O)C(C)(C)CC(=O)c1ccc(C)c2ccccc12. The highest BCUT2D eigenvalue weighted by atomic mass is 16.5. The Morgan fingerprint density at radius 3 is 2.29 bits per heavy atom. The van der Waals surface area contributed by atoms with Crippen molar-refractivity contribution in [1.82, 2.24) is 0 Å². The van der Waals surface area contributed by atoms with Crippen LogP contribution in [0.5, 0.6) is 0 Å². The molecule has 0 aromatic heterocycles. The lowest BCUT2D eigenvalue weighted by Gasteiger charge is -2.20. The number of rotatable bonds is 4. The number of hydrogen-bond donors (Lipinski definition) is 0. The minimum absolute atomic E-state index is 0.0402. The third-order valence-corrected chi connectivity index (χ3v) is 3.78. The Morgan fingerprint density at radius 2 is 1.67 bits per heavy atom. The Morgan fingerprint density at radius 1 is 1.05 bits per heavy atom. The summed E-state index contributed by atoms with van der Waals surface area (Å²) < 4.78 is 4.77. The van der Waals surface area contributed by atoms with Crippen molar-refractivity contribution in [3.63, 3.8) is 0 Å². The van der Waals surface area contributed by atoms with Crippen LogP contribution in [0.15, 0.2) is 36.4 Å². The molecule has 0 unspecified atom stereocenters. The summed E-state index contributed by atoms with van der Waals surface area (Å²) in [7, 11) is 1.34. The zero-order valence-electron chi connectivity index (χ0n) is 12.9. The Balaban J connectivity index is 2.41. The lowest BCUT2D eigenvalue weighted by atomic mass is 9.84. The molecule has 0 heterocycles. The van der Waals surface area contributed by atoms with Crippen LogP contribution < -0.4 is 0 Å². The molecule has 2 aromatic carbocycles. The van der Waals surface area contributed by atoms with Gasteiger partial charge in [-0.2, -0.15) is 0 Å². The van der Waals surface area contributed by atoms with Gasteiger partial charge in [0, 0.05) is 12.0 Å². The zero-order chi connectivity index (χ0) is 15.6. The third kappa shape index (κ3) is 2.97. The average molecular weight is 284 g/mol. The van der Waals surface area contributed by atoms with Gasteiger partial charge in [-0.3, -0.25) is 9.59 Å². The second-order valence-electron chi connectivity index (χ2n) is 5.95. The Kier molecular flexibility index (Phi) is 4.12. The zero-order valence-corrected chi connectivity index (χ0v) is 12.9. The molecule has 0 saturated heterocycles. The van der Waals surface area contributed by atoms with E-state index in [-0.39, 0.29) is 18.2 Å². The molecule has 0 fully saturated rings. The number of aryl methyl sites for hydroxylation is 1. The number of ether oxygens (including phenoxy) is 1. The summed E-state index contributed by atoms with van der Waals surface area (Å²) in [6.45, 7) is 5.48. The van der Waals surface area contributed by atoms with E-state index in [1.54, 1.807) is 13.8 Å². The van der Waals surface area contributed by atoms with Gasteiger partial charge in [0.1, 0.15) is 0 Å². The predicted octanol–water partition coefficient (Wildman–Crippen LogP) is 3.92. The van der Waals surface area contributed by atoms with Crippen LogP contribution >= 0.6 is 0 Å². The van der Waals surface area contributed by atoms with Crippen molar-refractivity contribution in [1.29, 1.82) is 0 Å². The number of Topliss-reactive ketones (excluding diaryl/α,β-unsaturated/α-hetero) is 1. The molecular weight excluding hydrogens is 264 g/mol. The van der Waals surface area contributed by atoms with Crippen LogP contribution in [0.3, 0.4) is 0 Å². The van der Waals surface area contributed by atoms with Crippen molar-refractivity contribution in [2.24, 2.45) is 5.41 Å². The molecule has 0 aliphatic carbocycles. The summed E-state index contributed by atoms with van der Waals surface area (Å²) in [6.07, 6.45) is 0.132. The number of carbonyl (C=O) groups is 2. The van der Waals surface area contributed by atoms with Crippen LogP contribution in [-0.2, 0) is 9.53 Å². The highest BCUT2D eigenvalue weighted by molar-refractivity contribution is 6.09. The molecule has 0 aliphatic heterocycles. The van der Waals surface area contributed by atoms with Crippen LogP contribution in [0, 0.1) is 12.3 Å². The van der Waals surface area contributed by atoms with Crippen molar-refractivity contribution >= 4 is 22.5 Å². The highest BCUT2D eigenvalue weighted by Crippen LogP contribution is 2.28. The van der Waals surface area contributed by atoms with Gasteiger partial charge in [-0.1, -0.05) is 36.4 Å². The molecular formula is C18H20O3. The van der Waals surface area contributed by atoms with E-state index in [1.165, 1.54) is 7.11 Å². The van der Waals surface area contributed by atoms with Crippen molar-refractivity contribution in [3.05, 3.63) is 47.5 Å². The van der Waals surface area contributed by atoms with Crippen LogP contribution in [-0.4, -0.2) is 18.9 Å². The van der Waals surface area contributed by atoms with Gasteiger partial charge < -0.3 is 4.74 Å². The van der Waals surface area contributed by atoms with Gasteiger partial charge in [-0.15, -0.1) is 0 Å². The monoisotopic (exact) mass is 284 g/mol. The second kappa shape index (κ2) is 5.68. The third-order valence-electron chi connectivity index (χ3n) is 3.78. The number of carbonyl (C=O) groups excluding carboxylic acids is 2. The number of benzene rings is 2. The van der Waals surface area contributed by atoms with Gasteiger partial charge in [0.2, 0.25) is 0 Å². The minimum Gasteiger partial charge on any atom is -0.469 e. The molecule has 0 atom stereocenters. The first-order valence-electron chi connectivity index (χ1n) is 6.97. The summed E-state index contributed by atoms with van der Waals surface area (Å²) in [4.78, 5) is 24.3. The number of hydrogen-bond acceptors (Lipinski definition) is 3. The highest BCUT2D eigenvalue weighted by Gasteiger charge is 2.32. The van der Waals surface area contributed by atoms with Crippen molar-refractivity contribution in [2.45, 2.75) is 27.2 Å². The van der Waals surface area contributed by atoms with E-state index in [1.807, 2.05) is 43.3 Å². The fourth-order valence-electron chi connectivity index (χ4n) is 2.54. The van der Waals surface area contributed by atoms with Crippen molar-refractivity contribution in [3.8, 4) is 0 Å². The van der Waals surface area contributed by atoms with Gasteiger partial charge >= 0.3 is 5.97 Å². The molecule has 0 amide bonds. The summed E-state index contributed by atoms with van der Waals surface area (Å²) in [5.74, 6) is -0.408. The summed E-state index contributed by atoms with van der Waals surface area (Å²) >= 11 is 0. The molecule has 0 aliphatic rings. The van der Waals surface area contributed by atoms with Gasteiger partial charge in [0.05, 0.1) is 12.5 Å². The van der Waals surface area contributed by atoms with Gasteiger partial charge in [0.25, 0.3) is 0 Å². The Hall–Kier alpha value is -2.16. The maximum Gasteiger partial charge on any atom is 0.311 e. The van der Waals surface area contributed by atoms with Crippen LogP contribution in [0.25, 0.3) is 10.8 Å². The maximum absolute atomic E-state index is 12.6. The molecule has 3 nitrogen and oxygen atoms in total. The maximum atomic E-state index is 12.6. The first-order valence-corrected chi connectivity index (χ1v) is 6.97. The topological polar surface area (TPSA) is 43.4 Å². The first kappa shape index (κ1) is 15.2. The number of ketones is 1. The van der Waals surface area contributed by atoms with E-state index in [0.29, 0.717) is 5.56 Å². The second-order valence-corrected chi connectivity index (χ2v) is 5.95. The fraction of sp³-hybridized carbons (Fsp3) is 0.333. The lowest BCUT2D eigenvalue weighted by molar-refractivity contribution is -0.150. The smallest absolute Gasteiger partial charge is 0.311 e.